The highest BCUT2D eigenvalue weighted by Crippen LogP contribution is 2.40. The zero-order valence-corrected chi connectivity index (χ0v) is 23.4. The largest absolute Gasteiger partial charge is 0.485 e. The first-order valence-corrected chi connectivity index (χ1v) is 15.0. The average molecular weight is 632 g/mol. The summed E-state index contributed by atoms with van der Waals surface area (Å²) >= 11 is 0. The maximum Gasteiger partial charge on any atom is 0.427 e. The van der Waals surface area contributed by atoms with Gasteiger partial charge in [0.25, 0.3) is 10.0 Å². The second-order valence-electron chi connectivity index (χ2n) is 9.91. The minimum Gasteiger partial charge on any atom is -0.485 e. The van der Waals surface area contributed by atoms with Gasteiger partial charge in [0, 0.05) is 12.2 Å². The quantitative estimate of drug-likeness (QED) is 0.400. The lowest BCUT2D eigenvalue weighted by Gasteiger charge is -2.35. The smallest absolute Gasteiger partial charge is 0.427 e. The first-order valence-electron chi connectivity index (χ1n) is 12.0. The van der Waals surface area contributed by atoms with Crippen LogP contribution in [0.4, 0.5) is 38.1 Å². The number of anilines is 2. The molecule has 0 spiro atoms. The number of hydrogen-bond acceptors (Lipinski definition) is 8. The summed E-state index contributed by atoms with van der Waals surface area (Å²) in [7, 11) is -8.30. The molecule has 0 saturated heterocycles. The number of nitrogens with one attached hydrogen (secondary N) is 2. The predicted molar refractivity (Wildman–Crippen MR) is 134 cm³/mol. The van der Waals surface area contributed by atoms with Crippen molar-refractivity contribution in [3.8, 4) is 5.75 Å². The van der Waals surface area contributed by atoms with Gasteiger partial charge in [0.15, 0.2) is 0 Å². The Kier molecular flexibility index (Phi) is 7.93. The van der Waals surface area contributed by atoms with Gasteiger partial charge in [-0.15, -0.1) is 0 Å². The Morgan fingerprint density at radius 3 is 2.41 bits per heavy atom. The Labute approximate surface area is 231 Å². The number of nitrogens with zero attached hydrogens (tertiary/aromatic N) is 3. The highest BCUT2D eigenvalue weighted by molar-refractivity contribution is 7.93. The molecule has 2 N–H and O–H groups in total. The minimum absolute atomic E-state index is 0.0936. The Morgan fingerprint density at radius 2 is 1.85 bits per heavy atom. The maximum absolute atomic E-state index is 13.7. The number of hydrogen-bond donors (Lipinski definition) is 2. The van der Waals surface area contributed by atoms with E-state index in [0.29, 0.717) is 32.9 Å². The van der Waals surface area contributed by atoms with Crippen LogP contribution >= 0.6 is 0 Å². The van der Waals surface area contributed by atoms with Crippen LogP contribution in [0.2, 0.25) is 0 Å². The second kappa shape index (κ2) is 10.6. The molecule has 0 radical (unpaired) electrons. The third kappa shape index (κ3) is 6.50. The first-order chi connectivity index (χ1) is 18.8. The number of alkyl halides is 5. The van der Waals surface area contributed by atoms with Gasteiger partial charge in [-0.25, -0.2) is 31.0 Å². The fourth-order valence-electron chi connectivity index (χ4n) is 3.80. The molecule has 0 bridgehead atoms. The standard InChI is InChI=1S/C22H26F5N5O7S2/c1-12-18(11-31(30-12)19(23)24)41(36,37)32-10-14(9-28-40(34,35)15-5-6-15)38-17-7-4-13(8-16(17)32)29-20(33)39-21(2,3)22(25,26)27/h4,7-8,11,14-15,19,28H,5-6,9-10H2,1-3H3,(H,29,33)/t14-/m0/s1. The number of aromatic nitrogens is 2. The Morgan fingerprint density at radius 1 is 1.20 bits per heavy atom. The van der Waals surface area contributed by atoms with Crippen LogP contribution in [0, 0.1) is 6.92 Å². The molecule has 228 valence electrons. The number of fused-ring (bicyclic) bond motifs is 1. The molecule has 12 nitrogen and oxygen atoms in total. The van der Waals surface area contributed by atoms with Crippen LogP contribution in [-0.2, 0) is 24.8 Å². The van der Waals surface area contributed by atoms with Crippen LogP contribution in [-0.4, -0.2) is 68.9 Å². The van der Waals surface area contributed by atoms with E-state index in [1.165, 1.54) is 19.1 Å². The van der Waals surface area contributed by atoms with Gasteiger partial charge in [-0.05, 0) is 51.8 Å². The molecular formula is C22H26F5N5O7S2. The number of rotatable bonds is 9. The van der Waals surface area contributed by atoms with E-state index in [9.17, 15) is 43.6 Å². The Bertz CT molecular complexity index is 1540. The summed E-state index contributed by atoms with van der Waals surface area (Å²) in [4.78, 5) is 11.6. The van der Waals surface area contributed by atoms with Crippen molar-refractivity contribution in [2.24, 2.45) is 0 Å². The first kappa shape index (κ1) is 30.8. The molecule has 1 aromatic carbocycles. The average Bonchev–Trinajstić information content (AvgIpc) is 3.63. The van der Waals surface area contributed by atoms with Gasteiger partial charge < -0.3 is 9.47 Å². The van der Waals surface area contributed by atoms with Gasteiger partial charge in [0.1, 0.15) is 16.7 Å². The number of amides is 1. The van der Waals surface area contributed by atoms with E-state index in [1.54, 1.807) is 0 Å². The maximum atomic E-state index is 13.7. The number of carbonyl (C=O) groups excluding carboxylic acids is 1. The number of carbonyl (C=O) groups is 1. The normalized spacial score (nSPS) is 18.2. The van der Waals surface area contributed by atoms with Crippen molar-refractivity contribution in [3.63, 3.8) is 0 Å². The van der Waals surface area contributed by atoms with Crippen LogP contribution in [0.1, 0.15) is 38.9 Å². The number of halogens is 5. The number of aryl methyl sites for hydroxylation is 1. The molecule has 1 aliphatic heterocycles. The zero-order chi connectivity index (χ0) is 30.5. The van der Waals surface area contributed by atoms with Crippen molar-refractivity contribution in [1.82, 2.24) is 14.5 Å². The molecule has 1 aliphatic carbocycles. The topological polar surface area (TPSA) is 149 Å². The summed E-state index contributed by atoms with van der Waals surface area (Å²) in [5.74, 6) is -0.0936. The third-order valence-electron chi connectivity index (χ3n) is 6.28. The lowest BCUT2D eigenvalue weighted by Crippen LogP contribution is -2.48. The molecular weight excluding hydrogens is 605 g/mol. The molecule has 2 heterocycles. The molecule has 1 fully saturated rings. The van der Waals surface area contributed by atoms with E-state index in [-0.39, 0.29) is 34.0 Å². The van der Waals surface area contributed by atoms with Crippen LogP contribution in [0.5, 0.6) is 5.75 Å². The van der Waals surface area contributed by atoms with Crippen molar-refractivity contribution in [2.45, 2.75) is 68.2 Å². The summed E-state index contributed by atoms with van der Waals surface area (Å²) in [6, 6.07) is 3.48. The van der Waals surface area contributed by atoms with E-state index >= 15 is 0 Å². The van der Waals surface area contributed by atoms with Crippen LogP contribution in [0.15, 0.2) is 29.3 Å². The van der Waals surface area contributed by atoms with E-state index in [0.717, 1.165) is 10.4 Å². The molecule has 1 aromatic heterocycles. The molecule has 1 atom stereocenters. The molecule has 19 heteroatoms. The lowest BCUT2D eigenvalue weighted by molar-refractivity contribution is -0.242. The Balaban J connectivity index is 1.67. The van der Waals surface area contributed by atoms with Crippen LogP contribution in [0.25, 0.3) is 0 Å². The molecule has 1 amide bonds. The van der Waals surface area contributed by atoms with Gasteiger partial charge in [0.2, 0.25) is 15.6 Å². The summed E-state index contributed by atoms with van der Waals surface area (Å²) in [6.45, 7) is -1.47. The highest BCUT2D eigenvalue weighted by Gasteiger charge is 2.51. The van der Waals surface area contributed by atoms with Crippen molar-refractivity contribution >= 4 is 37.5 Å². The van der Waals surface area contributed by atoms with Crippen LogP contribution < -0.4 is 19.1 Å². The zero-order valence-electron chi connectivity index (χ0n) is 21.8. The number of ether oxygens (including phenoxy) is 2. The summed E-state index contributed by atoms with van der Waals surface area (Å²) in [5.41, 5.74) is -3.48. The third-order valence-corrected chi connectivity index (χ3v) is 10.1. The fraction of sp³-hybridized carbons (Fsp3) is 0.545. The van der Waals surface area contributed by atoms with E-state index in [2.05, 4.69) is 19.9 Å². The molecule has 0 unspecified atom stereocenters. The molecule has 2 aromatic rings. The van der Waals surface area contributed by atoms with E-state index < -0.39 is 67.3 Å². The predicted octanol–water partition coefficient (Wildman–Crippen LogP) is 3.51. The molecule has 41 heavy (non-hydrogen) atoms. The second-order valence-corrected chi connectivity index (χ2v) is 13.8. The van der Waals surface area contributed by atoms with Gasteiger partial charge in [0.05, 0.1) is 29.4 Å². The van der Waals surface area contributed by atoms with Gasteiger partial charge >= 0.3 is 18.8 Å². The minimum atomic E-state index is -4.88. The van der Waals surface area contributed by atoms with Crippen molar-refractivity contribution < 1.29 is 53.1 Å². The fourth-order valence-corrected chi connectivity index (χ4v) is 6.87. The van der Waals surface area contributed by atoms with Gasteiger partial charge in [-0.2, -0.15) is 27.1 Å². The van der Waals surface area contributed by atoms with Gasteiger partial charge in [-0.1, -0.05) is 0 Å². The molecule has 2 aliphatic rings. The lowest BCUT2D eigenvalue weighted by atomic mass is 10.1. The van der Waals surface area contributed by atoms with Crippen LogP contribution in [0.3, 0.4) is 0 Å². The van der Waals surface area contributed by atoms with Crippen molar-refractivity contribution in [1.29, 1.82) is 0 Å². The Hall–Kier alpha value is -3.19. The van der Waals surface area contributed by atoms with Crippen molar-refractivity contribution in [3.05, 3.63) is 30.1 Å². The number of benzene rings is 1. The SMILES string of the molecule is Cc1nn(C(F)F)cc1S(=O)(=O)N1C[C@H](CNS(=O)(=O)C2CC2)Oc2ccc(NC(=O)OC(C)(C)C(F)(F)F)cc21. The number of sulfonamides is 2. The van der Waals surface area contributed by atoms with Crippen molar-refractivity contribution in [2.75, 3.05) is 22.7 Å². The van der Waals surface area contributed by atoms with E-state index in [4.69, 9.17) is 4.74 Å². The molecule has 1 saturated carbocycles. The monoisotopic (exact) mass is 631 g/mol. The van der Waals surface area contributed by atoms with E-state index in [1.807, 2.05) is 0 Å². The van der Waals surface area contributed by atoms with Gasteiger partial charge in [-0.3, -0.25) is 9.62 Å². The summed E-state index contributed by atoms with van der Waals surface area (Å²) in [6.07, 6.45) is -5.83. The summed E-state index contributed by atoms with van der Waals surface area (Å²) < 4.78 is 131. The molecule has 4 rings (SSSR count). The highest BCUT2D eigenvalue weighted by atomic mass is 32.2. The summed E-state index contributed by atoms with van der Waals surface area (Å²) in [5, 5.41) is 5.06.